The molecule has 1 aliphatic heterocycles. The Morgan fingerprint density at radius 2 is 2.04 bits per heavy atom. The van der Waals surface area contributed by atoms with Gasteiger partial charge in [-0.1, -0.05) is 6.92 Å². The van der Waals surface area contributed by atoms with Crippen molar-refractivity contribution in [2.75, 3.05) is 26.2 Å². The summed E-state index contributed by atoms with van der Waals surface area (Å²) in [6.45, 7) is 4.76. The van der Waals surface area contributed by atoms with E-state index in [1.165, 1.54) is 10.4 Å². The molecule has 0 bridgehead atoms. The van der Waals surface area contributed by atoms with Crippen molar-refractivity contribution in [3.05, 3.63) is 29.6 Å². The Labute approximate surface area is 142 Å². The van der Waals surface area contributed by atoms with E-state index in [1.54, 1.807) is 6.07 Å². The number of rotatable bonds is 5. The molecule has 1 heterocycles. The molecule has 1 aromatic rings. The molecular weight excluding hydrogens is 341 g/mol. The lowest BCUT2D eigenvalue weighted by molar-refractivity contribution is 0.268. The van der Waals surface area contributed by atoms with Gasteiger partial charge in [0.15, 0.2) is 0 Å². The van der Waals surface area contributed by atoms with Crippen LogP contribution in [0.3, 0.4) is 0 Å². The van der Waals surface area contributed by atoms with Crippen molar-refractivity contribution in [2.24, 2.45) is 5.92 Å². The van der Waals surface area contributed by atoms with Crippen molar-refractivity contribution in [3.8, 4) is 6.07 Å². The van der Waals surface area contributed by atoms with Crippen molar-refractivity contribution >= 4 is 22.4 Å². The molecule has 1 N–H and O–H groups in total. The molecule has 1 aliphatic rings. The zero-order valence-electron chi connectivity index (χ0n) is 13.0. The number of halogens is 2. The van der Waals surface area contributed by atoms with Crippen LogP contribution in [0.2, 0.25) is 0 Å². The summed E-state index contributed by atoms with van der Waals surface area (Å²) in [6, 6.07) is 5.03. The third-order valence-electron chi connectivity index (χ3n) is 3.95. The van der Waals surface area contributed by atoms with E-state index in [1.807, 2.05) is 6.92 Å². The van der Waals surface area contributed by atoms with Gasteiger partial charge in [0.1, 0.15) is 11.9 Å². The zero-order chi connectivity index (χ0) is 16.2. The van der Waals surface area contributed by atoms with Gasteiger partial charge in [-0.25, -0.2) is 12.8 Å². The van der Waals surface area contributed by atoms with Crippen molar-refractivity contribution in [2.45, 2.75) is 24.7 Å². The van der Waals surface area contributed by atoms with Gasteiger partial charge in [-0.05, 0) is 50.0 Å². The van der Waals surface area contributed by atoms with Gasteiger partial charge >= 0.3 is 0 Å². The lowest BCUT2D eigenvalue weighted by atomic mass is 9.98. The molecule has 0 spiro atoms. The van der Waals surface area contributed by atoms with Crippen LogP contribution in [0.15, 0.2) is 23.1 Å². The highest BCUT2D eigenvalue weighted by Gasteiger charge is 2.29. The van der Waals surface area contributed by atoms with E-state index in [9.17, 15) is 12.8 Å². The molecule has 0 unspecified atom stereocenters. The number of nitrogens with one attached hydrogen (secondary N) is 1. The molecule has 5 nitrogen and oxygen atoms in total. The highest BCUT2D eigenvalue weighted by Crippen LogP contribution is 2.24. The topological polar surface area (TPSA) is 73.2 Å². The molecule has 23 heavy (non-hydrogen) atoms. The first-order valence-corrected chi connectivity index (χ1v) is 8.83. The Morgan fingerprint density at radius 3 is 2.61 bits per heavy atom. The third kappa shape index (κ3) is 4.64. The minimum absolute atomic E-state index is 0. The molecular formula is C15H21ClFN3O2S. The van der Waals surface area contributed by atoms with Gasteiger partial charge in [-0.3, -0.25) is 0 Å². The standard InChI is InChI=1S/C15H20FN3O2S.ClH/c1-2-18-11-12-5-7-19(8-6-12)22(20,21)14-3-4-15(16)13(9-14)10-17;/h3-4,9,12,18H,2,5-8,11H2,1H3;1H. The number of sulfonamides is 1. The van der Waals surface area contributed by atoms with Gasteiger partial charge in [-0.15, -0.1) is 12.4 Å². The first-order valence-electron chi connectivity index (χ1n) is 7.39. The fourth-order valence-electron chi connectivity index (χ4n) is 2.60. The Morgan fingerprint density at radius 1 is 1.39 bits per heavy atom. The first-order chi connectivity index (χ1) is 10.5. The molecule has 0 radical (unpaired) electrons. The molecule has 1 fully saturated rings. The van der Waals surface area contributed by atoms with Crippen LogP contribution in [0.1, 0.15) is 25.3 Å². The number of nitriles is 1. The van der Waals surface area contributed by atoms with Gasteiger partial charge in [0.05, 0.1) is 10.5 Å². The van der Waals surface area contributed by atoms with Gasteiger partial charge in [0.2, 0.25) is 10.0 Å². The highest BCUT2D eigenvalue weighted by molar-refractivity contribution is 7.89. The maximum absolute atomic E-state index is 13.3. The third-order valence-corrected chi connectivity index (χ3v) is 5.85. The Hall–Kier alpha value is -1.20. The van der Waals surface area contributed by atoms with Gasteiger partial charge in [0, 0.05) is 13.1 Å². The summed E-state index contributed by atoms with van der Waals surface area (Å²) in [7, 11) is -3.66. The second kappa shape index (κ2) is 8.60. The largest absolute Gasteiger partial charge is 0.317 e. The van der Waals surface area contributed by atoms with Crippen molar-refractivity contribution in [1.82, 2.24) is 9.62 Å². The van der Waals surface area contributed by atoms with E-state index >= 15 is 0 Å². The summed E-state index contributed by atoms with van der Waals surface area (Å²) in [4.78, 5) is -0.0180. The first kappa shape index (κ1) is 19.8. The lowest BCUT2D eigenvalue weighted by Gasteiger charge is -2.31. The average molecular weight is 362 g/mol. The molecule has 2 rings (SSSR count). The molecule has 0 aliphatic carbocycles. The molecule has 1 saturated heterocycles. The Bertz CT molecular complexity index is 668. The minimum Gasteiger partial charge on any atom is -0.317 e. The summed E-state index contributed by atoms with van der Waals surface area (Å²) in [5, 5.41) is 12.1. The van der Waals surface area contributed by atoms with Crippen LogP contribution in [0.5, 0.6) is 0 Å². The molecule has 8 heteroatoms. The molecule has 1 aromatic carbocycles. The fraction of sp³-hybridized carbons (Fsp3) is 0.533. The van der Waals surface area contributed by atoms with E-state index in [2.05, 4.69) is 5.32 Å². The molecule has 0 saturated carbocycles. The van der Waals surface area contributed by atoms with Gasteiger partial charge in [0.25, 0.3) is 0 Å². The van der Waals surface area contributed by atoms with E-state index < -0.39 is 15.8 Å². The second-order valence-electron chi connectivity index (χ2n) is 5.41. The van der Waals surface area contributed by atoms with Crippen LogP contribution in [0.4, 0.5) is 4.39 Å². The molecule has 0 amide bonds. The lowest BCUT2D eigenvalue weighted by Crippen LogP contribution is -2.40. The van der Waals surface area contributed by atoms with Crippen molar-refractivity contribution < 1.29 is 12.8 Å². The van der Waals surface area contributed by atoms with Crippen LogP contribution < -0.4 is 5.32 Å². The normalized spacial score (nSPS) is 16.6. The number of piperidine rings is 1. The zero-order valence-corrected chi connectivity index (χ0v) is 14.6. The summed E-state index contributed by atoms with van der Waals surface area (Å²) >= 11 is 0. The number of hydrogen-bond acceptors (Lipinski definition) is 4. The minimum atomic E-state index is -3.66. The molecule has 128 valence electrons. The maximum atomic E-state index is 13.3. The van der Waals surface area contributed by atoms with Crippen molar-refractivity contribution in [3.63, 3.8) is 0 Å². The van der Waals surface area contributed by atoms with Crippen molar-refractivity contribution in [1.29, 1.82) is 5.26 Å². The van der Waals surface area contributed by atoms with E-state index in [0.717, 1.165) is 38.1 Å². The number of hydrogen-bond donors (Lipinski definition) is 1. The fourth-order valence-corrected chi connectivity index (χ4v) is 4.10. The predicted molar refractivity (Wildman–Crippen MR) is 88.4 cm³/mol. The summed E-state index contributed by atoms with van der Waals surface area (Å²) in [5.74, 6) is -0.222. The predicted octanol–water partition coefficient (Wildman–Crippen LogP) is 2.13. The summed E-state index contributed by atoms with van der Waals surface area (Å²) in [6.07, 6.45) is 1.61. The van der Waals surface area contributed by atoms with E-state index in [0.29, 0.717) is 19.0 Å². The molecule has 0 atom stereocenters. The van der Waals surface area contributed by atoms with Gasteiger partial charge < -0.3 is 5.32 Å². The van der Waals surface area contributed by atoms with Crippen LogP contribution in [-0.4, -0.2) is 38.9 Å². The van der Waals surface area contributed by atoms with Gasteiger partial charge in [-0.2, -0.15) is 9.57 Å². The van der Waals surface area contributed by atoms with Crippen LogP contribution in [0.25, 0.3) is 0 Å². The Balaban J connectivity index is 0.00000264. The maximum Gasteiger partial charge on any atom is 0.243 e. The quantitative estimate of drug-likeness (QED) is 0.871. The van der Waals surface area contributed by atoms with Crippen LogP contribution in [0, 0.1) is 23.1 Å². The van der Waals surface area contributed by atoms with E-state index in [-0.39, 0.29) is 22.9 Å². The van der Waals surface area contributed by atoms with Crippen LogP contribution >= 0.6 is 12.4 Å². The summed E-state index contributed by atoms with van der Waals surface area (Å²) in [5.41, 5.74) is -0.247. The smallest absolute Gasteiger partial charge is 0.243 e. The summed E-state index contributed by atoms with van der Waals surface area (Å²) < 4.78 is 39.9. The SMILES string of the molecule is CCNCC1CCN(S(=O)(=O)c2ccc(F)c(C#N)c2)CC1.Cl. The Kier molecular flexibility index (Phi) is 7.42. The average Bonchev–Trinajstić information content (AvgIpc) is 2.53. The highest BCUT2D eigenvalue weighted by atomic mass is 35.5. The number of nitrogens with zero attached hydrogens (tertiary/aromatic N) is 2. The van der Waals surface area contributed by atoms with Crippen LogP contribution in [-0.2, 0) is 10.0 Å². The molecule has 0 aromatic heterocycles. The number of benzene rings is 1. The van der Waals surface area contributed by atoms with E-state index in [4.69, 9.17) is 5.26 Å². The monoisotopic (exact) mass is 361 g/mol. The second-order valence-corrected chi connectivity index (χ2v) is 7.35.